The average molecular weight is 260 g/mol. The Kier molecular flexibility index (Phi) is 4.73. The molecule has 1 heterocycles. The molecule has 0 amide bonds. The molecule has 0 spiro atoms. The molecule has 0 aliphatic heterocycles. The van der Waals surface area contributed by atoms with Crippen molar-refractivity contribution in [3.05, 3.63) is 23.2 Å². The molecule has 0 radical (unpaired) electrons. The van der Waals surface area contributed by atoms with Gasteiger partial charge < -0.3 is 4.42 Å². The number of nitrogens with two attached hydrogens (primary N) is 1. The zero-order valence-electron chi connectivity index (χ0n) is 10.5. The lowest BCUT2D eigenvalue weighted by atomic mass is 10.0. The molecular formula is C11H20N2O3S. The van der Waals surface area contributed by atoms with Gasteiger partial charge in [-0.15, -0.1) is 0 Å². The molecule has 1 rings (SSSR count). The molecule has 1 aromatic rings. The van der Waals surface area contributed by atoms with Crippen molar-refractivity contribution in [1.29, 1.82) is 0 Å². The number of rotatable bonds is 6. The minimum Gasteiger partial charge on any atom is -0.466 e. The number of nitrogens with one attached hydrogen (secondary N) is 1. The van der Waals surface area contributed by atoms with E-state index in [1.807, 2.05) is 19.9 Å². The molecule has 1 atom stereocenters. The zero-order valence-corrected chi connectivity index (χ0v) is 11.3. The first kappa shape index (κ1) is 14.2. The molecule has 0 aromatic carbocycles. The van der Waals surface area contributed by atoms with Crippen molar-refractivity contribution in [2.24, 2.45) is 5.84 Å². The van der Waals surface area contributed by atoms with Gasteiger partial charge in [0.05, 0.1) is 0 Å². The second kappa shape index (κ2) is 5.66. The van der Waals surface area contributed by atoms with Crippen molar-refractivity contribution < 1.29 is 12.8 Å². The van der Waals surface area contributed by atoms with E-state index in [9.17, 15) is 8.42 Å². The van der Waals surface area contributed by atoms with Gasteiger partial charge >= 0.3 is 0 Å². The molecule has 5 nitrogen and oxygen atoms in total. The minimum atomic E-state index is -2.91. The lowest BCUT2D eigenvalue weighted by Gasteiger charge is -2.14. The Bertz CT molecular complexity index is 465. The first-order valence-corrected chi connectivity index (χ1v) is 7.60. The number of aryl methyl sites for hydroxylation is 2. The lowest BCUT2D eigenvalue weighted by molar-refractivity contribution is 0.472. The first-order chi connectivity index (χ1) is 7.83. The van der Waals surface area contributed by atoms with Gasteiger partial charge in [0.15, 0.2) is 0 Å². The van der Waals surface area contributed by atoms with Crippen LogP contribution in [0.15, 0.2) is 10.5 Å². The van der Waals surface area contributed by atoms with Crippen LogP contribution < -0.4 is 11.3 Å². The van der Waals surface area contributed by atoms with Crippen LogP contribution in [0.3, 0.4) is 0 Å². The Hall–Kier alpha value is -0.850. The van der Waals surface area contributed by atoms with Crippen LogP contribution in [0.4, 0.5) is 0 Å². The summed E-state index contributed by atoms with van der Waals surface area (Å²) in [5, 5.41) is 0. The summed E-state index contributed by atoms with van der Waals surface area (Å²) in [5.74, 6) is 7.33. The van der Waals surface area contributed by atoms with Crippen LogP contribution in [0.25, 0.3) is 0 Å². The minimum absolute atomic E-state index is 0.0609. The Morgan fingerprint density at radius 3 is 2.53 bits per heavy atom. The largest absolute Gasteiger partial charge is 0.466 e. The smallest absolute Gasteiger partial charge is 0.147 e. The number of sulfone groups is 1. The molecule has 0 saturated carbocycles. The van der Waals surface area contributed by atoms with Crippen LogP contribution in [-0.4, -0.2) is 20.4 Å². The SMILES string of the molecule is Cc1cc(C(CCCS(C)(=O)=O)NN)c(C)o1. The number of hydrogen-bond donors (Lipinski definition) is 2. The van der Waals surface area contributed by atoms with E-state index < -0.39 is 9.84 Å². The summed E-state index contributed by atoms with van der Waals surface area (Å²) in [7, 11) is -2.91. The summed E-state index contributed by atoms with van der Waals surface area (Å²) in [6.45, 7) is 3.75. The van der Waals surface area contributed by atoms with Crippen molar-refractivity contribution in [3.8, 4) is 0 Å². The molecule has 17 heavy (non-hydrogen) atoms. The third kappa shape index (κ3) is 4.49. The van der Waals surface area contributed by atoms with Crippen molar-refractivity contribution in [3.63, 3.8) is 0 Å². The number of hydrogen-bond acceptors (Lipinski definition) is 5. The van der Waals surface area contributed by atoms with E-state index in [2.05, 4.69) is 5.43 Å². The molecule has 1 unspecified atom stereocenters. The van der Waals surface area contributed by atoms with Crippen molar-refractivity contribution in [2.45, 2.75) is 32.7 Å². The summed E-state index contributed by atoms with van der Waals surface area (Å²) < 4.78 is 27.5. The Morgan fingerprint density at radius 1 is 1.47 bits per heavy atom. The quantitative estimate of drug-likeness (QED) is 0.593. The summed E-state index contributed by atoms with van der Waals surface area (Å²) in [6, 6.07) is 1.87. The van der Waals surface area contributed by atoms with Gasteiger partial charge in [0.2, 0.25) is 0 Å². The normalized spacial score (nSPS) is 13.9. The molecule has 98 valence electrons. The van der Waals surface area contributed by atoms with Crippen molar-refractivity contribution in [1.82, 2.24) is 5.43 Å². The molecule has 0 aliphatic rings. The molecule has 0 aliphatic carbocycles. The van der Waals surface area contributed by atoms with Gasteiger partial charge in [0.25, 0.3) is 0 Å². The third-order valence-electron chi connectivity index (χ3n) is 2.66. The van der Waals surface area contributed by atoms with Crippen LogP contribution in [0.1, 0.15) is 36.0 Å². The van der Waals surface area contributed by atoms with Crippen LogP contribution in [0.2, 0.25) is 0 Å². The summed E-state index contributed by atoms with van der Waals surface area (Å²) in [5.41, 5.74) is 3.70. The van der Waals surface area contributed by atoms with Gasteiger partial charge in [-0.3, -0.25) is 11.3 Å². The zero-order chi connectivity index (χ0) is 13.1. The number of hydrazine groups is 1. The Morgan fingerprint density at radius 2 is 2.12 bits per heavy atom. The lowest BCUT2D eigenvalue weighted by Crippen LogP contribution is -2.28. The predicted octanol–water partition coefficient (Wildman–Crippen LogP) is 1.23. The monoisotopic (exact) mass is 260 g/mol. The molecule has 6 heteroatoms. The maximum absolute atomic E-state index is 11.0. The second-order valence-corrected chi connectivity index (χ2v) is 6.62. The summed E-state index contributed by atoms with van der Waals surface area (Å²) in [4.78, 5) is 0. The van der Waals surface area contributed by atoms with Gasteiger partial charge in [0, 0.05) is 23.6 Å². The third-order valence-corrected chi connectivity index (χ3v) is 3.69. The van der Waals surface area contributed by atoms with Crippen molar-refractivity contribution in [2.75, 3.05) is 12.0 Å². The molecular weight excluding hydrogens is 240 g/mol. The highest BCUT2D eigenvalue weighted by Crippen LogP contribution is 2.24. The standard InChI is InChI=1S/C11H20N2O3S/c1-8-7-10(9(2)16-8)11(13-12)5-4-6-17(3,14)15/h7,11,13H,4-6,12H2,1-3H3. The van der Waals surface area contributed by atoms with Crippen molar-refractivity contribution >= 4 is 9.84 Å². The van der Waals surface area contributed by atoms with Gasteiger partial charge in [-0.25, -0.2) is 8.42 Å². The van der Waals surface area contributed by atoms with Crippen LogP contribution >= 0.6 is 0 Å². The van der Waals surface area contributed by atoms with E-state index in [1.165, 1.54) is 6.26 Å². The maximum Gasteiger partial charge on any atom is 0.147 e. The highest BCUT2D eigenvalue weighted by molar-refractivity contribution is 7.90. The fourth-order valence-electron chi connectivity index (χ4n) is 1.87. The summed E-state index contributed by atoms with van der Waals surface area (Å²) >= 11 is 0. The van der Waals surface area contributed by atoms with E-state index >= 15 is 0 Å². The van der Waals surface area contributed by atoms with E-state index in [0.717, 1.165) is 17.1 Å². The Labute approximate surface area is 102 Å². The molecule has 3 N–H and O–H groups in total. The van der Waals surface area contributed by atoms with E-state index in [-0.39, 0.29) is 11.8 Å². The topological polar surface area (TPSA) is 85.3 Å². The molecule has 0 bridgehead atoms. The summed E-state index contributed by atoms with van der Waals surface area (Å²) in [6.07, 6.45) is 2.49. The average Bonchev–Trinajstić information content (AvgIpc) is 2.51. The molecule has 0 saturated heterocycles. The van der Waals surface area contributed by atoms with Gasteiger partial charge in [0.1, 0.15) is 21.4 Å². The first-order valence-electron chi connectivity index (χ1n) is 5.54. The maximum atomic E-state index is 11.0. The fraction of sp³-hybridized carbons (Fsp3) is 0.636. The highest BCUT2D eigenvalue weighted by Gasteiger charge is 2.16. The molecule has 1 aromatic heterocycles. The van der Waals surface area contributed by atoms with E-state index in [1.54, 1.807) is 0 Å². The fourth-order valence-corrected chi connectivity index (χ4v) is 2.57. The van der Waals surface area contributed by atoms with Gasteiger partial charge in [-0.2, -0.15) is 0 Å². The van der Waals surface area contributed by atoms with Crippen LogP contribution in [-0.2, 0) is 9.84 Å². The predicted molar refractivity (Wildman–Crippen MR) is 67.2 cm³/mol. The number of furan rings is 1. The van der Waals surface area contributed by atoms with E-state index in [0.29, 0.717) is 12.8 Å². The molecule has 0 fully saturated rings. The second-order valence-electron chi connectivity index (χ2n) is 4.36. The van der Waals surface area contributed by atoms with Gasteiger partial charge in [-0.05, 0) is 32.8 Å². The van der Waals surface area contributed by atoms with Gasteiger partial charge in [-0.1, -0.05) is 0 Å². The van der Waals surface area contributed by atoms with E-state index in [4.69, 9.17) is 10.3 Å². The van der Waals surface area contributed by atoms with Crippen LogP contribution in [0.5, 0.6) is 0 Å². The highest BCUT2D eigenvalue weighted by atomic mass is 32.2. The Balaban J connectivity index is 2.63. The van der Waals surface area contributed by atoms with Crippen LogP contribution in [0, 0.1) is 13.8 Å².